The van der Waals surface area contributed by atoms with Crippen LogP contribution in [0.3, 0.4) is 0 Å². The van der Waals surface area contributed by atoms with Gasteiger partial charge in [-0.15, -0.1) is 5.92 Å². The molecule has 3 heteroatoms. The molecule has 14 heavy (non-hydrogen) atoms. The topological polar surface area (TPSA) is 40.5 Å². The van der Waals surface area contributed by atoms with Gasteiger partial charge in [-0.3, -0.25) is 9.69 Å². The van der Waals surface area contributed by atoms with Crippen LogP contribution in [0.2, 0.25) is 0 Å². The summed E-state index contributed by atoms with van der Waals surface area (Å²) in [6.45, 7) is 4.66. The molecular weight excluding hydrogens is 178 g/mol. The zero-order chi connectivity index (χ0) is 10.4. The molecule has 0 aromatic heterocycles. The lowest BCUT2D eigenvalue weighted by atomic mass is 9.94. The average Bonchev–Trinajstić information content (AvgIpc) is 2.16. The summed E-state index contributed by atoms with van der Waals surface area (Å²) >= 11 is 0. The lowest BCUT2D eigenvalue weighted by Gasteiger charge is -2.29. The number of rotatable bonds is 3. The molecule has 0 radical (unpaired) electrons. The molecule has 0 aromatic rings. The van der Waals surface area contributed by atoms with E-state index in [1.807, 2.05) is 6.92 Å². The van der Waals surface area contributed by atoms with Gasteiger partial charge in [0.05, 0.1) is 6.54 Å². The van der Waals surface area contributed by atoms with E-state index >= 15 is 0 Å². The Labute approximate surface area is 85.1 Å². The molecule has 0 atom stereocenters. The van der Waals surface area contributed by atoms with E-state index < -0.39 is 5.97 Å². The van der Waals surface area contributed by atoms with Crippen LogP contribution >= 0.6 is 0 Å². The summed E-state index contributed by atoms with van der Waals surface area (Å²) in [6, 6.07) is 0. The summed E-state index contributed by atoms with van der Waals surface area (Å²) < 4.78 is 0. The van der Waals surface area contributed by atoms with Gasteiger partial charge >= 0.3 is 5.97 Å². The Bertz CT molecular complexity index is 244. The first-order chi connectivity index (χ1) is 6.72. The Morgan fingerprint density at radius 3 is 2.64 bits per heavy atom. The Morgan fingerprint density at radius 2 is 2.14 bits per heavy atom. The quantitative estimate of drug-likeness (QED) is 0.688. The fourth-order valence-corrected chi connectivity index (χ4v) is 1.79. The number of nitrogens with zero attached hydrogens (tertiary/aromatic N) is 1. The molecule has 0 saturated carbocycles. The normalized spacial score (nSPS) is 18.6. The van der Waals surface area contributed by atoms with Crippen molar-refractivity contribution in [2.75, 3.05) is 19.6 Å². The predicted molar refractivity (Wildman–Crippen MR) is 54.9 cm³/mol. The summed E-state index contributed by atoms with van der Waals surface area (Å²) in [7, 11) is 0. The van der Waals surface area contributed by atoms with Crippen LogP contribution in [-0.2, 0) is 4.79 Å². The lowest BCUT2D eigenvalue weighted by molar-refractivity contribution is -0.138. The predicted octanol–water partition coefficient (Wildman–Crippen LogP) is 1.20. The Hall–Kier alpha value is -1.01. The van der Waals surface area contributed by atoms with Crippen LogP contribution in [0, 0.1) is 17.8 Å². The molecule has 78 valence electrons. The van der Waals surface area contributed by atoms with Crippen molar-refractivity contribution in [2.24, 2.45) is 5.92 Å². The first kappa shape index (κ1) is 11.1. The van der Waals surface area contributed by atoms with Crippen molar-refractivity contribution in [3.8, 4) is 11.8 Å². The van der Waals surface area contributed by atoms with Gasteiger partial charge in [-0.05, 0) is 38.8 Å². The van der Waals surface area contributed by atoms with Gasteiger partial charge in [0.25, 0.3) is 0 Å². The largest absolute Gasteiger partial charge is 0.481 e. The molecule has 1 saturated heterocycles. The first-order valence-corrected chi connectivity index (χ1v) is 5.06. The van der Waals surface area contributed by atoms with Crippen molar-refractivity contribution in [2.45, 2.75) is 26.2 Å². The van der Waals surface area contributed by atoms with E-state index in [2.05, 4.69) is 16.7 Å². The molecule has 0 unspecified atom stereocenters. The smallest absolute Gasteiger partial charge is 0.303 e. The van der Waals surface area contributed by atoms with Crippen molar-refractivity contribution in [1.29, 1.82) is 0 Å². The van der Waals surface area contributed by atoms with Crippen LogP contribution in [0.15, 0.2) is 0 Å². The van der Waals surface area contributed by atoms with Gasteiger partial charge in [0.2, 0.25) is 0 Å². The second-order valence-corrected chi connectivity index (χ2v) is 3.74. The second kappa shape index (κ2) is 5.66. The third-order valence-corrected chi connectivity index (χ3v) is 2.65. The fraction of sp³-hybridized carbons (Fsp3) is 0.727. The maximum Gasteiger partial charge on any atom is 0.303 e. The maximum atomic E-state index is 10.5. The molecular formula is C11H17NO2. The minimum absolute atomic E-state index is 0.327. The highest BCUT2D eigenvalue weighted by molar-refractivity contribution is 5.67. The SMILES string of the molecule is CC#CCN1CCC(CC(=O)O)CC1. The van der Waals surface area contributed by atoms with E-state index in [0.29, 0.717) is 12.3 Å². The van der Waals surface area contributed by atoms with Crippen molar-refractivity contribution in [1.82, 2.24) is 4.90 Å². The van der Waals surface area contributed by atoms with Crippen LogP contribution in [-0.4, -0.2) is 35.6 Å². The van der Waals surface area contributed by atoms with Crippen molar-refractivity contribution in [3.05, 3.63) is 0 Å². The number of carbonyl (C=O) groups is 1. The number of hydrogen-bond acceptors (Lipinski definition) is 2. The number of likely N-dealkylation sites (tertiary alicyclic amines) is 1. The number of hydrogen-bond donors (Lipinski definition) is 1. The number of carboxylic acid groups (broad SMARTS) is 1. The van der Waals surface area contributed by atoms with Gasteiger partial charge in [0, 0.05) is 6.42 Å². The monoisotopic (exact) mass is 195 g/mol. The molecule has 0 spiro atoms. The minimum atomic E-state index is -0.670. The zero-order valence-electron chi connectivity index (χ0n) is 8.62. The zero-order valence-corrected chi connectivity index (χ0v) is 8.62. The van der Waals surface area contributed by atoms with Gasteiger partial charge in [0.15, 0.2) is 0 Å². The van der Waals surface area contributed by atoms with Gasteiger partial charge < -0.3 is 5.11 Å². The molecule has 0 bridgehead atoms. The van der Waals surface area contributed by atoms with E-state index in [1.54, 1.807) is 0 Å². The van der Waals surface area contributed by atoms with Gasteiger partial charge in [-0.2, -0.15) is 0 Å². The average molecular weight is 195 g/mol. The van der Waals surface area contributed by atoms with E-state index in [-0.39, 0.29) is 0 Å². The van der Waals surface area contributed by atoms with Crippen molar-refractivity contribution in [3.63, 3.8) is 0 Å². The van der Waals surface area contributed by atoms with Crippen molar-refractivity contribution < 1.29 is 9.90 Å². The van der Waals surface area contributed by atoms with E-state index in [1.165, 1.54) is 0 Å². The maximum absolute atomic E-state index is 10.5. The third-order valence-electron chi connectivity index (χ3n) is 2.65. The summed E-state index contributed by atoms with van der Waals surface area (Å²) in [4.78, 5) is 12.8. The molecule has 1 heterocycles. The third kappa shape index (κ3) is 3.80. The molecule has 0 aromatic carbocycles. The highest BCUT2D eigenvalue weighted by Crippen LogP contribution is 2.19. The number of aliphatic carboxylic acids is 1. The number of piperidine rings is 1. The van der Waals surface area contributed by atoms with Crippen LogP contribution in [0.5, 0.6) is 0 Å². The Morgan fingerprint density at radius 1 is 1.50 bits per heavy atom. The standard InChI is InChI=1S/C11H17NO2/c1-2-3-6-12-7-4-10(5-8-12)9-11(13)14/h10H,4-9H2,1H3,(H,13,14). The summed E-state index contributed by atoms with van der Waals surface area (Å²) in [5.74, 6) is 5.61. The molecule has 1 rings (SSSR count). The Balaban J connectivity index is 2.23. The molecule has 3 nitrogen and oxygen atoms in total. The van der Waals surface area contributed by atoms with Crippen LogP contribution in [0.4, 0.5) is 0 Å². The Kier molecular flexibility index (Phi) is 4.48. The number of carboxylic acids is 1. The van der Waals surface area contributed by atoms with Gasteiger partial charge in [0.1, 0.15) is 0 Å². The molecule has 1 aliphatic rings. The lowest BCUT2D eigenvalue weighted by Crippen LogP contribution is -2.34. The molecule has 1 aliphatic heterocycles. The van der Waals surface area contributed by atoms with Crippen LogP contribution < -0.4 is 0 Å². The first-order valence-electron chi connectivity index (χ1n) is 5.06. The molecule has 1 fully saturated rings. The second-order valence-electron chi connectivity index (χ2n) is 3.74. The van der Waals surface area contributed by atoms with E-state index in [9.17, 15) is 4.79 Å². The molecule has 0 aliphatic carbocycles. The van der Waals surface area contributed by atoms with Gasteiger partial charge in [-0.25, -0.2) is 0 Å². The highest BCUT2D eigenvalue weighted by atomic mass is 16.4. The van der Waals surface area contributed by atoms with E-state index in [0.717, 1.165) is 32.5 Å². The summed E-state index contributed by atoms with van der Waals surface area (Å²) in [5, 5.41) is 8.64. The van der Waals surface area contributed by atoms with E-state index in [4.69, 9.17) is 5.11 Å². The summed E-state index contributed by atoms with van der Waals surface area (Å²) in [6.07, 6.45) is 2.32. The van der Waals surface area contributed by atoms with Crippen LogP contribution in [0.1, 0.15) is 26.2 Å². The highest BCUT2D eigenvalue weighted by Gasteiger charge is 2.20. The molecule has 0 amide bonds. The summed E-state index contributed by atoms with van der Waals surface area (Å²) in [5.41, 5.74) is 0. The minimum Gasteiger partial charge on any atom is -0.481 e. The van der Waals surface area contributed by atoms with Gasteiger partial charge in [-0.1, -0.05) is 5.92 Å². The van der Waals surface area contributed by atoms with Crippen LogP contribution in [0.25, 0.3) is 0 Å². The molecule has 1 N–H and O–H groups in total. The van der Waals surface area contributed by atoms with Crippen molar-refractivity contribution >= 4 is 5.97 Å². The fourth-order valence-electron chi connectivity index (χ4n) is 1.79.